The van der Waals surface area contributed by atoms with Crippen LogP contribution in [-0.2, 0) is 20.3 Å². The number of hydrogen-bond acceptors (Lipinski definition) is 3. The SMILES string of the molecule is Cc1cc(F)c(C(F)(F)OC2COC(c3cc(C)c(C)c(C)c3)OC2)c(F)c1. The fraction of sp³-hybridized carbons (Fsp3) is 0.429. The maximum absolute atomic E-state index is 14.4. The Balaban J connectivity index is 1.69. The molecule has 1 fully saturated rings. The zero-order chi connectivity index (χ0) is 20.6. The number of benzene rings is 2. The normalized spacial score (nSPS) is 20.4. The van der Waals surface area contributed by atoms with E-state index in [-0.39, 0.29) is 18.8 Å². The van der Waals surface area contributed by atoms with E-state index in [9.17, 15) is 17.6 Å². The molecule has 3 rings (SSSR count). The predicted octanol–water partition coefficient (Wildman–Crippen LogP) is 5.38. The van der Waals surface area contributed by atoms with Crippen LogP contribution in [0.1, 0.15) is 39.7 Å². The molecule has 1 aliphatic rings. The van der Waals surface area contributed by atoms with Gasteiger partial charge in [0.2, 0.25) is 0 Å². The van der Waals surface area contributed by atoms with E-state index in [4.69, 9.17) is 9.47 Å². The fourth-order valence-corrected chi connectivity index (χ4v) is 3.20. The Kier molecular flexibility index (Phi) is 5.79. The van der Waals surface area contributed by atoms with Crippen molar-refractivity contribution >= 4 is 0 Å². The highest BCUT2D eigenvalue weighted by Crippen LogP contribution is 2.37. The summed E-state index contributed by atoms with van der Waals surface area (Å²) in [6.45, 7) is 6.96. The Hall–Kier alpha value is -1.96. The van der Waals surface area contributed by atoms with Gasteiger partial charge in [0.05, 0.1) is 13.2 Å². The van der Waals surface area contributed by atoms with Crippen molar-refractivity contribution < 1.29 is 31.8 Å². The highest BCUT2D eigenvalue weighted by atomic mass is 19.3. The Labute approximate surface area is 161 Å². The first-order chi connectivity index (χ1) is 13.1. The Bertz CT molecular complexity index is 828. The van der Waals surface area contributed by atoms with Gasteiger partial charge in [-0.15, -0.1) is 0 Å². The van der Waals surface area contributed by atoms with Crippen LogP contribution < -0.4 is 0 Å². The zero-order valence-electron chi connectivity index (χ0n) is 16.1. The van der Waals surface area contributed by atoms with Crippen molar-refractivity contribution in [1.29, 1.82) is 0 Å². The van der Waals surface area contributed by atoms with E-state index in [1.807, 2.05) is 32.9 Å². The second-order valence-corrected chi connectivity index (χ2v) is 7.14. The Morgan fingerprint density at radius 3 is 1.89 bits per heavy atom. The molecule has 0 N–H and O–H groups in total. The van der Waals surface area contributed by atoms with Gasteiger partial charge in [0, 0.05) is 5.56 Å². The van der Waals surface area contributed by atoms with Gasteiger partial charge in [-0.1, -0.05) is 12.1 Å². The molecule has 0 bridgehead atoms. The molecular formula is C21H22F4O3. The largest absolute Gasteiger partial charge is 0.389 e. The zero-order valence-corrected chi connectivity index (χ0v) is 16.1. The molecule has 0 aromatic heterocycles. The number of hydrogen-bond donors (Lipinski definition) is 0. The third-order valence-electron chi connectivity index (χ3n) is 4.88. The molecule has 2 aromatic carbocycles. The number of rotatable bonds is 4. The molecule has 0 spiro atoms. The van der Waals surface area contributed by atoms with E-state index in [1.54, 1.807) is 0 Å². The van der Waals surface area contributed by atoms with Gasteiger partial charge in [0.25, 0.3) is 0 Å². The number of alkyl halides is 2. The number of halogens is 4. The van der Waals surface area contributed by atoms with Crippen LogP contribution in [0.3, 0.4) is 0 Å². The molecule has 2 aromatic rings. The van der Waals surface area contributed by atoms with Crippen LogP contribution >= 0.6 is 0 Å². The monoisotopic (exact) mass is 398 g/mol. The van der Waals surface area contributed by atoms with Crippen molar-refractivity contribution in [2.45, 2.75) is 46.2 Å². The molecule has 0 radical (unpaired) electrons. The quantitative estimate of drug-likeness (QED) is 0.648. The summed E-state index contributed by atoms with van der Waals surface area (Å²) in [7, 11) is 0. The van der Waals surface area contributed by atoms with Crippen LogP contribution in [0.2, 0.25) is 0 Å². The van der Waals surface area contributed by atoms with Crippen LogP contribution in [0.4, 0.5) is 17.6 Å². The molecule has 28 heavy (non-hydrogen) atoms. The maximum atomic E-state index is 14.4. The van der Waals surface area contributed by atoms with Crippen molar-refractivity contribution in [3.8, 4) is 0 Å². The van der Waals surface area contributed by atoms with Gasteiger partial charge in [-0.2, -0.15) is 8.78 Å². The van der Waals surface area contributed by atoms with Crippen LogP contribution in [0.5, 0.6) is 0 Å². The van der Waals surface area contributed by atoms with Gasteiger partial charge in [-0.25, -0.2) is 8.78 Å². The van der Waals surface area contributed by atoms with Crippen LogP contribution in [0, 0.1) is 39.3 Å². The van der Waals surface area contributed by atoms with Crippen LogP contribution in [-0.4, -0.2) is 19.3 Å². The average molecular weight is 398 g/mol. The minimum absolute atomic E-state index is 0.193. The molecule has 1 saturated heterocycles. The van der Waals surface area contributed by atoms with Gasteiger partial charge in [0.1, 0.15) is 23.3 Å². The summed E-state index contributed by atoms with van der Waals surface area (Å²) in [5, 5.41) is 0. The standard InChI is InChI=1S/C21H22F4O3/c1-11-5-17(22)19(18(23)6-11)21(24,25)28-16-9-26-20(27-10-16)15-7-12(2)14(4)13(3)8-15/h5-8,16,20H,9-10H2,1-4H3. The van der Waals surface area contributed by atoms with E-state index < -0.39 is 35.7 Å². The highest BCUT2D eigenvalue weighted by molar-refractivity contribution is 5.37. The molecule has 7 heteroatoms. The van der Waals surface area contributed by atoms with Crippen LogP contribution in [0.25, 0.3) is 0 Å². The molecule has 0 amide bonds. The first-order valence-corrected chi connectivity index (χ1v) is 8.91. The maximum Gasteiger partial charge on any atom is 0.389 e. The smallest absolute Gasteiger partial charge is 0.346 e. The van der Waals surface area contributed by atoms with Crippen LogP contribution in [0.15, 0.2) is 24.3 Å². The van der Waals surface area contributed by atoms with E-state index >= 15 is 0 Å². The lowest BCUT2D eigenvalue weighted by molar-refractivity contribution is -0.322. The van der Waals surface area contributed by atoms with Gasteiger partial charge < -0.3 is 14.2 Å². The highest BCUT2D eigenvalue weighted by Gasteiger charge is 2.43. The molecule has 0 atom stereocenters. The third-order valence-corrected chi connectivity index (χ3v) is 4.88. The molecule has 3 nitrogen and oxygen atoms in total. The minimum atomic E-state index is -4.15. The average Bonchev–Trinajstić information content (AvgIpc) is 2.58. The Morgan fingerprint density at radius 1 is 0.893 bits per heavy atom. The van der Waals surface area contributed by atoms with Crippen molar-refractivity contribution in [1.82, 2.24) is 0 Å². The summed E-state index contributed by atoms with van der Waals surface area (Å²) >= 11 is 0. The predicted molar refractivity (Wildman–Crippen MR) is 95.2 cm³/mol. The van der Waals surface area contributed by atoms with Gasteiger partial charge in [0.15, 0.2) is 6.29 Å². The molecular weight excluding hydrogens is 376 g/mol. The fourth-order valence-electron chi connectivity index (χ4n) is 3.20. The van der Waals surface area contributed by atoms with Crippen molar-refractivity contribution in [2.24, 2.45) is 0 Å². The third kappa shape index (κ3) is 4.21. The summed E-state index contributed by atoms with van der Waals surface area (Å²) in [5.41, 5.74) is 2.86. The number of ether oxygens (including phenoxy) is 3. The molecule has 1 heterocycles. The summed E-state index contributed by atoms with van der Waals surface area (Å²) < 4.78 is 72.2. The van der Waals surface area contributed by atoms with Gasteiger partial charge in [-0.05, 0) is 62.1 Å². The first kappa shape index (κ1) is 20.8. The summed E-state index contributed by atoms with van der Waals surface area (Å²) in [4.78, 5) is 0. The lowest BCUT2D eigenvalue weighted by atomic mass is 10.0. The summed E-state index contributed by atoms with van der Waals surface area (Å²) in [5.74, 6) is -2.72. The van der Waals surface area contributed by atoms with Crippen molar-refractivity contribution in [2.75, 3.05) is 13.2 Å². The lowest BCUT2D eigenvalue weighted by Gasteiger charge is -2.32. The van der Waals surface area contributed by atoms with E-state index in [0.29, 0.717) is 0 Å². The van der Waals surface area contributed by atoms with Gasteiger partial charge in [-0.3, -0.25) is 0 Å². The van der Waals surface area contributed by atoms with Crippen molar-refractivity contribution in [3.05, 3.63) is 69.3 Å². The van der Waals surface area contributed by atoms with E-state index in [1.165, 1.54) is 6.92 Å². The van der Waals surface area contributed by atoms with E-state index in [0.717, 1.165) is 34.4 Å². The lowest BCUT2D eigenvalue weighted by Crippen LogP contribution is -2.38. The van der Waals surface area contributed by atoms with Gasteiger partial charge >= 0.3 is 6.11 Å². The minimum Gasteiger partial charge on any atom is -0.346 e. The molecule has 0 aliphatic carbocycles. The van der Waals surface area contributed by atoms with E-state index in [2.05, 4.69) is 4.74 Å². The van der Waals surface area contributed by atoms with Crippen molar-refractivity contribution in [3.63, 3.8) is 0 Å². The summed E-state index contributed by atoms with van der Waals surface area (Å²) in [6, 6.07) is 5.50. The molecule has 152 valence electrons. The second kappa shape index (κ2) is 7.81. The topological polar surface area (TPSA) is 27.7 Å². The second-order valence-electron chi connectivity index (χ2n) is 7.14. The summed E-state index contributed by atoms with van der Waals surface area (Å²) in [6.07, 6.45) is -6.03. The first-order valence-electron chi connectivity index (χ1n) is 8.91. The molecule has 0 unspecified atom stereocenters. The number of aryl methyl sites for hydroxylation is 3. The molecule has 1 aliphatic heterocycles. The Morgan fingerprint density at radius 2 is 1.39 bits per heavy atom. The molecule has 0 saturated carbocycles.